The average molecular weight is 365 g/mol. The van der Waals surface area contributed by atoms with Crippen molar-refractivity contribution in [2.75, 3.05) is 25.4 Å². The van der Waals surface area contributed by atoms with Crippen molar-refractivity contribution in [3.05, 3.63) is 33.3 Å². The minimum absolute atomic E-state index is 0.481. The van der Waals surface area contributed by atoms with E-state index in [0.29, 0.717) is 10.3 Å². The molecular formula is C14H19BrClNOS. The Balaban J connectivity index is 1.88. The topological polar surface area (TPSA) is 23.5 Å². The summed E-state index contributed by atoms with van der Waals surface area (Å²) in [5, 5.41) is 11.6. The van der Waals surface area contributed by atoms with E-state index in [1.165, 1.54) is 5.75 Å². The molecule has 0 aromatic heterocycles. The minimum atomic E-state index is -0.481. The van der Waals surface area contributed by atoms with Crippen molar-refractivity contribution in [2.24, 2.45) is 0 Å². The Labute approximate surface area is 132 Å². The summed E-state index contributed by atoms with van der Waals surface area (Å²) in [6.07, 6.45) is 0.254. The Hall–Kier alpha value is 0.260. The standard InChI is InChI=1S/C14H19BrClNOS/c1-10-9-17(6-7-19-10)5-4-14(18)12-3-2-11(15)8-13(12)16/h2-3,8,10,14,18H,4-7,9H2,1H3. The first-order valence-corrected chi connectivity index (χ1v) is 8.75. The van der Waals surface area contributed by atoms with Crippen LogP contribution in [-0.4, -0.2) is 40.6 Å². The van der Waals surface area contributed by atoms with E-state index in [2.05, 4.69) is 27.8 Å². The Morgan fingerprint density at radius 2 is 2.37 bits per heavy atom. The van der Waals surface area contributed by atoms with Gasteiger partial charge in [0.25, 0.3) is 0 Å². The van der Waals surface area contributed by atoms with Gasteiger partial charge in [-0.1, -0.05) is 40.5 Å². The molecular weight excluding hydrogens is 346 g/mol. The van der Waals surface area contributed by atoms with Gasteiger partial charge in [-0.05, 0) is 24.1 Å². The summed E-state index contributed by atoms with van der Waals surface area (Å²) in [4.78, 5) is 2.43. The molecule has 2 unspecified atom stereocenters. The fourth-order valence-electron chi connectivity index (χ4n) is 2.33. The highest BCUT2D eigenvalue weighted by Crippen LogP contribution is 2.28. The molecule has 0 aliphatic carbocycles. The van der Waals surface area contributed by atoms with E-state index in [-0.39, 0.29) is 0 Å². The van der Waals surface area contributed by atoms with Crippen LogP contribution in [0.1, 0.15) is 25.0 Å². The number of rotatable bonds is 4. The normalized spacial score (nSPS) is 22.4. The van der Waals surface area contributed by atoms with E-state index < -0.39 is 6.10 Å². The quantitative estimate of drug-likeness (QED) is 0.874. The largest absolute Gasteiger partial charge is 0.388 e. The predicted molar refractivity (Wildman–Crippen MR) is 87.1 cm³/mol. The molecule has 1 aliphatic heterocycles. The van der Waals surface area contributed by atoms with Gasteiger partial charge in [0.1, 0.15) is 0 Å². The lowest BCUT2D eigenvalue weighted by molar-refractivity contribution is 0.143. The summed E-state index contributed by atoms with van der Waals surface area (Å²) in [5.41, 5.74) is 0.823. The number of benzene rings is 1. The SMILES string of the molecule is CC1CN(CCC(O)c2ccc(Br)cc2Cl)CCS1. The van der Waals surface area contributed by atoms with Crippen molar-refractivity contribution in [3.63, 3.8) is 0 Å². The lowest BCUT2D eigenvalue weighted by atomic mass is 10.1. The van der Waals surface area contributed by atoms with Crippen LogP contribution >= 0.6 is 39.3 Å². The van der Waals surface area contributed by atoms with E-state index in [4.69, 9.17) is 11.6 Å². The molecule has 1 aliphatic rings. The van der Waals surface area contributed by atoms with E-state index in [9.17, 15) is 5.11 Å². The maximum Gasteiger partial charge on any atom is 0.0816 e. The number of nitrogens with zero attached hydrogens (tertiary/aromatic N) is 1. The van der Waals surface area contributed by atoms with Crippen LogP contribution in [0, 0.1) is 0 Å². The third-order valence-corrected chi connectivity index (χ3v) is 5.32. The Morgan fingerprint density at radius 3 is 3.05 bits per heavy atom. The third-order valence-electron chi connectivity index (χ3n) is 3.37. The van der Waals surface area contributed by atoms with Gasteiger partial charge in [0.05, 0.1) is 6.10 Å². The molecule has 0 spiro atoms. The van der Waals surface area contributed by atoms with Crippen LogP contribution in [-0.2, 0) is 0 Å². The van der Waals surface area contributed by atoms with Crippen molar-refractivity contribution in [1.29, 1.82) is 0 Å². The number of hydrogen-bond acceptors (Lipinski definition) is 3. The van der Waals surface area contributed by atoms with E-state index in [0.717, 1.165) is 36.1 Å². The lowest BCUT2D eigenvalue weighted by Gasteiger charge is -2.31. The Morgan fingerprint density at radius 1 is 1.58 bits per heavy atom. The molecule has 1 saturated heterocycles. The van der Waals surface area contributed by atoms with Crippen LogP contribution in [0.4, 0.5) is 0 Å². The molecule has 2 rings (SSSR count). The summed E-state index contributed by atoms with van der Waals surface area (Å²) in [7, 11) is 0. The number of halogens is 2. The van der Waals surface area contributed by atoms with Gasteiger partial charge >= 0.3 is 0 Å². The number of hydrogen-bond donors (Lipinski definition) is 1. The zero-order valence-corrected chi connectivity index (χ0v) is 14.1. The predicted octanol–water partition coefficient (Wildman–Crippen LogP) is 3.96. The highest BCUT2D eigenvalue weighted by atomic mass is 79.9. The molecule has 0 radical (unpaired) electrons. The van der Waals surface area contributed by atoms with Gasteiger partial charge in [-0.2, -0.15) is 11.8 Å². The monoisotopic (exact) mass is 363 g/mol. The molecule has 106 valence electrons. The van der Waals surface area contributed by atoms with Crippen LogP contribution < -0.4 is 0 Å². The fourth-order valence-corrected chi connectivity index (χ4v) is 4.21. The highest BCUT2D eigenvalue weighted by Gasteiger charge is 2.18. The second-order valence-electron chi connectivity index (χ2n) is 4.95. The molecule has 1 fully saturated rings. The van der Waals surface area contributed by atoms with Crippen LogP contribution in [0.15, 0.2) is 22.7 Å². The van der Waals surface area contributed by atoms with Gasteiger partial charge in [0, 0.05) is 40.1 Å². The molecule has 1 aromatic carbocycles. The first-order chi connectivity index (χ1) is 9.06. The molecule has 1 heterocycles. The van der Waals surface area contributed by atoms with Crippen molar-refractivity contribution in [2.45, 2.75) is 24.7 Å². The second kappa shape index (κ2) is 7.32. The van der Waals surface area contributed by atoms with E-state index >= 15 is 0 Å². The van der Waals surface area contributed by atoms with Gasteiger partial charge in [0.15, 0.2) is 0 Å². The van der Waals surface area contributed by atoms with Crippen molar-refractivity contribution < 1.29 is 5.11 Å². The van der Waals surface area contributed by atoms with Gasteiger partial charge in [-0.15, -0.1) is 0 Å². The molecule has 2 nitrogen and oxygen atoms in total. The Bertz CT molecular complexity index is 432. The highest BCUT2D eigenvalue weighted by molar-refractivity contribution is 9.10. The van der Waals surface area contributed by atoms with Crippen molar-refractivity contribution >= 4 is 39.3 Å². The minimum Gasteiger partial charge on any atom is -0.388 e. The number of thioether (sulfide) groups is 1. The summed E-state index contributed by atoms with van der Waals surface area (Å²) >= 11 is 11.6. The van der Waals surface area contributed by atoms with E-state index in [1.54, 1.807) is 0 Å². The van der Waals surface area contributed by atoms with Crippen molar-refractivity contribution in [1.82, 2.24) is 4.90 Å². The molecule has 1 aromatic rings. The molecule has 0 amide bonds. The summed E-state index contributed by atoms with van der Waals surface area (Å²) in [6, 6.07) is 5.65. The molecule has 0 bridgehead atoms. The summed E-state index contributed by atoms with van der Waals surface area (Å²) in [5.74, 6) is 1.19. The van der Waals surface area contributed by atoms with E-state index in [1.807, 2.05) is 30.0 Å². The molecule has 0 saturated carbocycles. The van der Waals surface area contributed by atoms with Gasteiger partial charge in [0.2, 0.25) is 0 Å². The third kappa shape index (κ3) is 4.64. The zero-order valence-electron chi connectivity index (χ0n) is 11.0. The van der Waals surface area contributed by atoms with Crippen molar-refractivity contribution in [3.8, 4) is 0 Å². The summed E-state index contributed by atoms with van der Waals surface area (Å²) < 4.78 is 0.940. The molecule has 5 heteroatoms. The van der Waals surface area contributed by atoms with Gasteiger partial charge in [-0.3, -0.25) is 0 Å². The first-order valence-electron chi connectivity index (χ1n) is 6.53. The first kappa shape index (κ1) is 15.6. The molecule has 2 atom stereocenters. The van der Waals surface area contributed by atoms with Crippen LogP contribution in [0.3, 0.4) is 0 Å². The maximum atomic E-state index is 10.3. The average Bonchev–Trinajstić information content (AvgIpc) is 2.36. The lowest BCUT2D eigenvalue weighted by Crippen LogP contribution is -2.37. The fraction of sp³-hybridized carbons (Fsp3) is 0.571. The summed E-state index contributed by atoms with van der Waals surface area (Å²) in [6.45, 7) is 5.43. The zero-order chi connectivity index (χ0) is 13.8. The van der Waals surface area contributed by atoms with Gasteiger partial charge in [-0.25, -0.2) is 0 Å². The molecule has 19 heavy (non-hydrogen) atoms. The van der Waals surface area contributed by atoms with Crippen LogP contribution in [0.2, 0.25) is 5.02 Å². The van der Waals surface area contributed by atoms with Gasteiger partial charge < -0.3 is 10.0 Å². The number of aliphatic hydroxyl groups is 1. The number of aliphatic hydroxyl groups excluding tert-OH is 1. The second-order valence-corrected chi connectivity index (χ2v) is 7.82. The molecule has 1 N–H and O–H groups in total. The smallest absolute Gasteiger partial charge is 0.0816 e. The maximum absolute atomic E-state index is 10.3. The Kier molecular flexibility index (Phi) is 6.03. The van der Waals surface area contributed by atoms with Crippen LogP contribution in [0.5, 0.6) is 0 Å². The van der Waals surface area contributed by atoms with Crippen LogP contribution in [0.25, 0.3) is 0 Å².